The molecule has 0 bridgehead atoms. The van der Waals surface area contributed by atoms with E-state index in [2.05, 4.69) is 10.3 Å². The van der Waals surface area contributed by atoms with Gasteiger partial charge >= 0.3 is 0 Å². The van der Waals surface area contributed by atoms with Crippen molar-refractivity contribution in [3.8, 4) is 5.69 Å². The average Bonchev–Trinajstić information content (AvgIpc) is 3.09. The van der Waals surface area contributed by atoms with Crippen molar-refractivity contribution in [3.05, 3.63) is 52.1 Å². The van der Waals surface area contributed by atoms with E-state index in [1.165, 1.54) is 23.1 Å². The number of fused-ring (bicyclic) bond motifs is 1. The highest BCUT2D eigenvalue weighted by Gasteiger charge is 2.20. The van der Waals surface area contributed by atoms with Crippen LogP contribution in [-0.2, 0) is 4.79 Å². The molecule has 5 nitrogen and oxygen atoms in total. The molecule has 2 heterocycles. The van der Waals surface area contributed by atoms with Gasteiger partial charge in [-0.25, -0.2) is 4.98 Å². The fraction of sp³-hybridized carbons (Fsp3) is 0.278. The summed E-state index contributed by atoms with van der Waals surface area (Å²) >= 11 is 2.73. The van der Waals surface area contributed by atoms with Crippen molar-refractivity contribution in [1.29, 1.82) is 0 Å². The molecule has 0 aliphatic heterocycles. The Labute approximate surface area is 154 Å². The van der Waals surface area contributed by atoms with Gasteiger partial charge in [-0.05, 0) is 36.9 Å². The lowest BCUT2D eigenvalue weighted by Crippen LogP contribution is -2.32. The Morgan fingerprint density at radius 3 is 2.80 bits per heavy atom. The van der Waals surface area contributed by atoms with E-state index < -0.39 is 0 Å². The zero-order valence-electron chi connectivity index (χ0n) is 14.1. The summed E-state index contributed by atoms with van der Waals surface area (Å²) in [5.41, 5.74) is 0.637. The van der Waals surface area contributed by atoms with Crippen LogP contribution in [0.25, 0.3) is 15.9 Å². The van der Waals surface area contributed by atoms with E-state index in [0.29, 0.717) is 21.9 Å². The van der Waals surface area contributed by atoms with Gasteiger partial charge in [0.2, 0.25) is 5.91 Å². The van der Waals surface area contributed by atoms with Crippen molar-refractivity contribution in [1.82, 2.24) is 14.9 Å². The topological polar surface area (TPSA) is 64.0 Å². The molecule has 0 unspecified atom stereocenters. The van der Waals surface area contributed by atoms with Crippen molar-refractivity contribution in [3.63, 3.8) is 0 Å². The van der Waals surface area contributed by atoms with Gasteiger partial charge in [0.25, 0.3) is 5.56 Å². The number of amides is 1. The van der Waals surface area contributed by atoms with E-state index in [0.717, 1.165) is 12.1 Å². The van der Waals surface area contributed by atoms with Crippen LogP contribution in [0.3, 0.4) is 0 Å². The van der Waals surface area contributed by atoms with Crippen LogP contribution in [0, 0.1) is 0 Å². The Kier molecular flexibility index (Phi) is 5.55. The lowest BCUT2D eigenvalue weighted by molar-refractivity contribution is -0.120. The first-order chi connectivity index (χ1) is 12.1. The third-order valence-corrected chi connectivity index (χ3v) is 5.54. The Bertz CT molecular complexity index is 934. The van der Waals surface area contributed by atoms with Gasteiger partial charge in [-0.2, -0.15) is 0 Å². The van der Waals surface area contributed by atoms with Crippen molar-refractivity contribution in [2.45, 2.75) is 30.7 Å². The van der Waals surface area contributed by atoms with Crippen LogP contribution in [0.1, 0.15) is 20.3 Å². The molecule has 7 heteroatoms. The molecule has 1 amide bonds. The second kappa shape index (κ2) is 7.84. The maximum atomic E-state index is 12.9. The van der Waals surface area contributed by atoms with Gasteiger partial charge in [-0.3, -0.25) is 14.2 Å². The summed E-state index contributed by atoms with van der Waals surface area (Å²) in [5.74, 6) is -0.0491. The summed E-state index contributed by atoms with van der Waals surface area (Å²) in [6, 6.07) is 11.2. The molecule has 1 atom stereocenters. The standard InChI is InChI=1S/C18H19N3O2S2/c1-3-10-19-15(22)12(2)25-18-20-16-14(9-11-24-16)17(23)21(18)13-7-5-4-6-8-13/h4-9,11-12H,3,10H2,1-2H3,(H,19,22)/t12-/m0/s1. The van der Waals surface area contributed by atoms with Crippen molar-refractivity contribution < 1.29 is 4.79 Å². The molecule has 0 aliphatic carbocycles. The Hall–Kier alpha value is -2.12. The predicted molar refractivity (Wildman–Crippen MR) is 104 cm³/mol. The molecular weight excluding hydrogens is 354 g/mol. The maximum Gasteiger partial charge on any atom is 0.267 e. The lowest BCUT2D eigenvalue weighted by atomic mass is 10.3. The first kappa shape index (κ1) is 17.7. The van der Waals surface area contributed by atoms with Gasteiger partial charge in [0.1, 0.15) is 4.83 Å². The highest BCUT2D eigenvalue weighted by atomic mass is 32.2. The number of rotatable bonds is 6. The highest BCUT2D eigenvalue weighted by molar-refractivity contribution is 8.00. The molecule has 0 saturated heterocycles. The minimum atomic E-state index is -0.342. The van der Waals surface area contributed by atoms with Crippen LogP contribution < -0.4 is 10.9 Å². The van der Waals surface area contributed by atoms with Gasteiger partial charge in [0, 0.05) is 6.54 Å². The summed E-state index contributed by atoms with van der Waals surface area (Å²) in [7, 11) is 0. The molecule has 1 N–H and O–H groups in total. The summed E-state index contributed by atoms with van der Waals surface area (Å²) in [4.78, 5) is 30.5. The Morgan fingerprint density at radius 2 is 2.08 bits per heavy atom. The fourth-order valence-corrected chi connectivity index (χ4v) is 4.14. The molecule has 25 heavy (non-hydrogen) atoms. The lowest BCUT2D eigenvalue weighted by Gasteiger charge is -2.15. The van der Waals surface area contributed by atoms with Crippen LogP contribution in [0.15, 0.2) is 51.7 Å². The molecular formula is C18H19N3O2S2. The minimum absolute atomic E-state index is 0.0491. The summed E-state index contributed by atoms with van der Waals surface area (Å²) < 4.78 is 1.59. The number of hydrogen-bond donors (Lipinski definition) is 1. The molecule has 0 saturated carbocycles. The predicted octanol–water partition coefficient (Wildman–Crippen LogP) is 3.45. The summed E-state index contributed by atoms with van der Waals surface area (Å²) in [6.45, 7) is 4.49. The summed E-state index contributed by atoms with van der Waals surface area (Å²) in [6.07, 6.45) is 0.886. The number of nitrogens with zero attached hydrogens (tertiary/aromatic N) is 2. The van der Waals surface area contributed by atoms with Crippen LogP contribution >= 0.6 is 23.1 Å². The monoisotopic (exact) mass is 373 g/mol. The highest BCUT2D eigenvalue weighted by Crippen LogP contribution is 2.26. The first-order valence-corrected chi connectivity index (χ1v) is 9.87. The first-order valence-electron chi connectivity index (χ1n) is 8.12. The molecule has 3 rings (SSSR count). The Balaban J connectivity index is 2.04. The third kappa shape index (κ3) is 3.77. The van der Waals surface area contributed by atoms with Gasteiger partial charge in [-0.1, -0.05) is 36.9 Å². The number of hydrogen-bond acceptors (Lipinski definition) is 5. The van der Waals surface area contributed by atoms with Crippen LogP contribution in [0.5, 0.6) is 0 Å². The van der Waals surface area contributed by atoms with Crippen molar-refractivity contribution >= 4 is 39.2 Å². The zero-order valence-corrected chi connectivity index (χ0v) is 15.7. The number of aromatic nitrogens is 2. The fourth-order valence-electron chi connectivity index (χ4n) is 2.38. The van der Waals surface area contributed by atoms with Gasteiger partial charge in [0.05, 0.1) is 16.3 Å². The number of thioether (sulfide) groups is 1. The van der Waals surface area contributed by atoms with E-state index in [1.807, 2.05) is 49.6 Å². The van der Waals surface area contributed by atoms with Crippen molar-refractivity contribution in [2.75, 3.05) is 6.54 Å². The van der Waals surface area contributed by atoms with Crippen molar-refractivity contribution in [2.24, 2.45) is 0 Å². The van der Waals surface area contributed by atoms with E-state index in [4.69, 9.17) is 0 Å². The number of para-hydroxylation sites is 1. The smallest absolute Gasteiger partial charge is 0.267 e. The molecule has 1 aromatic carbocycles. The zero-order chi connectivity index (χ0) is 17.8. The van der Waals surface area contributed by atoms with Gasteiger partial charge in [-0.15, -0.1) is 11.3 Å². The molecule has 0 radical (unpaired) electrons. The largest absolute Gasteiger partial charge is 0.355 e. The van der Waals surface area contributed by atoms with E-state index in [9.17, 15) is 9.59 Å². The average molecular weight is 374 g/mol. The van der Waals surface area contributed by atoms with Crippen LogP contribution in [0.4, 0.5) is 0 Å². The minimum Gasteiger partial charge on any atom is -0.355 e. The number of thiophene rings is 1. The molecule has 2 aromatic heterocycles. The van der Waals surface area contributed by atoms with E-state index >= 15 is 0 Å². The Morgan fingerprint density at radius 1 is 1.32 bits per heavy atom. The second-order valence-corrected chi connectivity index (χ2v) is 7.76. The molecule has 0 spiro atoms. The van der Waals surface area contributed by atoms with Gasteiger partial charge < -0.3 is 5.32 Å². The number of benzene rings is 1. The number of nitrogens with one attached hydrogen (secondary N) is 1. The second-order valence-electron chi connectivity index (χ2n) is 5.56. The normalized spacial score (nSPS) is 12.2. The quantitative estimate of drug-likeness (QED) is 0.531. The number of carbonyl (C=O) groups excluding carboxylic acids is 1. The number of carbonyl (C=O) groups is 1. The van der Waals surface area contributed by atoms with E-state index in [-0.39, 0.29) is 16.7 Å². The van der Waals surface area contributed by atoms with Crippen LogP contribution in [0.2, 0.25) is 0 Å². The van der Waals surface area contributed by atoms with Gasteiger partial charge in [0.15, 0.2) is 5.16 Å². The summed E-state index contributed by atoms with van der Waals surface area (Å²) in [5, 5.41) is 5.54. The third-order valence-electron chi connectivity index (χ3n) is 3.68. The molecule has 130 valence electrons. The molecule has 3 aromatic rings. The van der Waals surface area contributed by atoms with Crippen LogP contribution in [-0.4, -0.2) is 27.3 Å². The SMILES string of the molecule is CCCNC(=O)[C@H](C)Sc1nc2sccc2c(=O)n1-c1ccccc1. The molecule has 0 aliphatic rings. The maximum absolute atomic E-state index is 12.9. The molecule has 0 fully saturated rings. The van der Waals surface area contributed by atoms with E-state index in [1.54, 1.807) is 10.6 Å².